The van der Waals surface area contributed by atoms with Crippen molar-refractivity contribution in [3.63, 3.8) is 0 Å². The van der Waals surface area contributed by atoms with Crippen molar-refractivity contribution in [1.29, 1.82) is 0 Å². The monoisotopic (exact) mass is 391 g/mol. The zero-order valence-corrected chi connectivity index (χ0v) is 16.4. The van der Waals surface area contributed by atoms with Gasteiger partial charge in [0.1, 0.15) is 5.75 Å². The van der Waals surface area contributed by atoms with E-state index >= 15 is 0 Å². The summed E-state index contributed by atoms with van der Waals surface area (Å²) in [5.41, 5.74) is 5.40. The highest BCUT2D eigenvalue weighted by molar-refractivity contribution is 5.84. The maximum atomic E-state index is 11.4. The Balaban J connectivity index is 1.69. The van der Waals surface area contributed by atoms with E-state index in [9.17, 15) is 4.79 Å². The molecule has 0 atom stereocenters. The Morgan fingerprint density at radius 3 is 1.67 bits per heavy atom. The van der Waals surface area contributed by atoms with Gasteiger partial charge in [0.25, 0.3) is 0 Å². The van der Waals surface area contributed by atoms with E-state index in [-0.39, 0.29) is 0 Å². The number of rotatable bonds is 6. The quantitative estimate of drug-likeness (QED) is 0.203. The van der Waals surface area contributed by atoms with Gasteiger partial charge in [0, 0.05) is 23.1 Å². The van der Waals surface area contributed by atoms with Crippen LogP contribution in [0.2, 0.25) is 0 Å². The minimum Gasteiger partial charge on any atom is -0.423 e. The smallest absolute Gasteiger partial charge is 0.335 e. The van der Waals surface area contributed by atoms with Crippen molar-refractivity contribution in [2.45, 2.75) is 0 Å². The molecule has 30 heavy (non-hydrogen) atoms. The van der Waals surface area contributed by atoms with E-state index in [0.717, 1.165) is 23.1 Å². The van der Waals surface area contributed by atoms with Gasteiger partial charge in [-0.3, -0.25) is 0 Å². The first-order valence-electron chi connectivity index (χ1n) is 9.69. The molecule has 0 aliphatic rings. The average Bonchev–Trinajstić information content (AvgIpc) is 2.82. The van der Waals surface area contributed by atoms with Crippen LogP contribution in [0.3, 0.4) is 0 Å². The van der Waals surface area contributed by atoms with Crippen molar-refractivity contribution in [1.82, 2.24) is 0 Å². The number of hydrogen-bond acceptors (Lipinski definition) is 3. The SMILES string of the molecule is C=CC(=O)Oc1ccc(N(c2ccccc2)c2ccc(-c3ccccc3)cc2)cc1. The molecule has 0 N–H and O–H groups in total. The zero-order chi connectivity index (χ0) is 20.8. The lowest BCUT2D eigenvalue weighted by atomic mass is 10.0. The molecule has 0 amide bonds. The number of nitrogens with zero attached hydrogens (tertiary/aromatic N) is 1. The molecular weight excluding hydrogens is 370 g/mol. The molecule has 4 rings (SSSR count). The minimum absolute atomic E-state index is 0.473. The van der Waals surface area contributed by atoms with Gasteiger partial charge in [-0.1, -0.05) is 67.2 Å². The third kappa shape index (κ3) is 4.31. The molecule has 0 bridgehead atoms. The molecule has 0 heterocycles. The highest BCUT2D eigenvalue weighted by Crippen LogP contribution is 2.36. The molecule has 3 heteroatoms. The van der Waals surface area contributed by atoms with Crippen LogP contribution in [0.5, 0.6) is 5.75 Å². The lowest BCUT2D eigenvalue weighted by molar-refractivity contribution is -0.128. The molecule has 146 valence electrons. The Hall–Kier alpha value is -4.11. The van der Waals surface area contributed by atoms with Crippen LogP contribution in [-0.4, -0.2) is 5.97 Å². The molecule has 4 aromatic rings. The van der Waals surface area contributed by atoms with Gasteiger partial charge in [0.2, 0.25) is 0 Å². The van der Waals surface area contributed by atoms with Gasteiger partial charge in [-0.15, -0.1) is 0 Å². The maximum Gasteiger partial charge on any atom is 0.335 e. The van der Waals surface area contributed by atoms with E-state index < -0.39 is 5.97 Å². The van der Waals surface area contributed by atoms with Crippen LogP contribution in [0.15, 0.2) is 122 Å². The van der Waals surface area contributed by atoms with Crippen molar-refractivity contribution in [3.05, 3.63) is 122 Å². The second kappa shape index (κ2) is 8.93. The first kappa shape index (κ1) is 19.2. The molecular formula is C27H21NO2. The standard InChI is InChI=1S/C27H21NO2/c1-2-27(29)30-26-19-17-25(18-20-26)28(23-11-7-4-8-12-23)24-15-13-22(14-16-24)21-9-5-3-6-10-21/h2-20H,1H2. The van der Waals surface area contributed by atoms with Gasteiger partial charge in [0.15, 0.2) is 0 Å². The largest absolute Gasteiger partial charge is 0.423 e. The number of carbonyl (C=O) groups is 1. The van der Waals surface area contributed by atoms with E-state index in [4.69, 9.17) is 4.74 Å². The Bertz CT molecular complexity index is 1120. The number of carbonyl (C=O) groups excluding carboxylic acids is 1. The summed E-state index contributed by atoms with van der Waals surface area (Å²) >= 11 is 0. The van der Waals surface area contributed by atoms with Crippen LogP contribution in [-0.2, 0) is 4.79 Å². The third-order valence-electron chi connectivity index (χ3n) is 4.73. The van der Waals surface area contributed by atoms with Crippen molar-refractivity contribution >= 4 is 23.0 Å². The summed E-state index contributed by atoms with van der Waals surface area (Å²) < 4.78 is 5.20. The summed E-state index contributed by atoms with van der Waals surface area (Å²) in [7, 11) is 0. The van der Waals surface area contributed by atoms with Crippen molar-refractivity contribution in [2.24, 2.45) is 0 Å². The predicted molar refractivity (Wildman–Crippen MR) is 122 cm³/mol. The van der Waals surface area contributed by atoms with Crippen molar-refractivity contribution < 1.29 is 9.53 Å². The molecule has 0 fully saturated rings. The second-order valence-corrected chi connectivity index (χ2v) is 6.70. The number of hydrogen-bond donors (Lipinski definition) is 0. The van der Waals surface area contributed by atoms with Gasteiger partial charge in [-0.25, -0.2) is 4.79 Å². The van der Waals surface area contributed by atoms with Crippen molar-refractivity contribution in [3.8, 4) is 16.9 Å². The fourth-order valence-electron chi connectivity index (χ4n) is 3.28. The third-order valence-corrected chi connectivity index (χ3v) is 4.73. The van der Waals surface area contributed by atoms with Crippen LogP contribution in [0.1, 0.15) is 0 Å². The number of esters is 1. The first-order chi connectivity index (χ1) is 14.7. The summed E-state index contributed by atoms with van der Waals surface area (Å²) in [5.74, 6) is 0.00949. The summed E-state index contributed by atoms with van der Waals surface area (Å²) in [4.78, 5) is 13.6. The van der Waals surface area contributed by atoms with E-state index in [1.807, 2.05) is 48.5 Å². The van der Waals surface area contributed by atoms with Crippen LogP contribution in [0.25, 0.3) is 11.1 Å². The highest BCUT2D eigenvalue weighted by Gasteiger charge is 2.13. The molecule has 0 saturated carbocycles. The molecule has 0 radical (unpaired) electrons. The van der Waals surface area contributed by atoms with Gasteiger partial charge in [0.05, 0.1) is 0 Å². The van der Waals surface area contributed by atoms with Crippen LogP contribution >= 0.6 is 0 Å². The molecule has 0 spiro atoms. The molecule has 0 aliphatic heterocycles. The van der Waals surface area contributed by atoms with E-state index in [1.165, 1.54) is 11.1 Å². The highest BCUT2D eigenvalue weighted by atomic mass is 16.5. The second-order valence-electron chi connectivity index (χ2n) is 6.70. The predicted octanol–water partition coefficient (Wildman–Crippen LogP) is 6.91. The van der Waals surface area contributed by atoms with Crippen LogP contribution < -0.4 is 9.64 Å². The van der Waals surface area contributed by atoms with Crippen LogP contribution in [0, 0.1) is 0 Å². The van der Waals surface area contributed by atoms with Gasteiger partial charge in [-0.05, 0) is 59.7 Å². The van der Waals surface area contributed by atoms with E-state index in [0.29, 0.717) is 5.75 Å². The summed E-state index contributed by atoms with van der Waals surface area (Å²) in [5, 5.41) is 0. The maximum absolute atomic E-state index is 11.4. The number of para-hydroxylation sites is 1. The number of ether oxygens (including phenoxy) is 1. The lowest BCUT2D eigenvalue weighted by Crippen LogP contribution is -2.10. The Morgan fingerprint density at radius 2 is 1.10 bits per heavy atom. The first-order valence-corrected chi connectivity index (χ1v) is 9.69. The molecule has 0 saturated heterocycles. The lowest BCUT2D eigenvalue weighted by Gasteiger charge is -2.25. The number of benzene rings is 4. The van der Waals surface area contributed by atoms with Gasteiger partial charge >= 0.3 is 5.97 Å². The van der Waals surface area contributed by atoms with E-state index in [2.05, 4.69) is 60.0 Å². The fourth-order valence-corrected chi connectivity index (χ4v) is 3.28. The summed E-state index contributed by atoms with van der Waals surface area (Å²) in [6, 6.07) is 36.4. The average molecular weight is 391 g/mol. The normalized spacial score (nSPS) is 10.3. The van der Waals surface area contributed by atoms with Crippen molar-refractivity contribution in [2.75, 3.05) is 4.90 Å². The molecule has 0 aliphatic carbocycles. The molecule has 0 unspecified atom stereocenters. The Kier molecular flexibility index (Phi) is 5.72. The summed E-state index contributed by atoms with van der Waals surface area (Å²) in [6.07, 6.45) is 1.15. The summed E-state index contributed by atoms with van der Waals surface area (Å²) in [6.45, 7) is 3.43. The molecule has 4 aromatic carbocycles. The zero-order valence-electron chi connectivity index (χ0n) is 16.4. The number of anilines is 3. The molecule has 3 nitrogen and oxygen atoms in total. The topological polar surface area (TPSA) is 29.5 Å². The Labute approximate surface area is 176 Å². The van der Waals surface area contributed by atoms with Crippen LogP contribution in [0.4, 0.5) is 17.1 Å². The fraction of sp³-hybridized carbons (Fsp3) is 0. The van der Waals surface area contributed by atoms with Gasteiger partial charge in [-0.2, -0.15) is 0 Å². The minimum atomic E-state index is -0.473. The Morgan fingerprint density at radius 1 is 0.633 bits per heavy atom. The molecule has 0 aromatic heterocycles. The van der Waals surface area contributed by atoms with E-state index in [1.54, 1.807) is 12.1 Å². The van der Waals surface area contributed by atoms with Gasteiger partial charge < -0.3 is 9.64 Å².